The molecule has 12 nitrogen and oxygen atoms in total. The van der Waals surface area contributed by atoms with Gasteiger partial charge in [-0.05, 0) is 44.9 Å². The van der Waals surface area contributed by atoms with Crippen LogP contribution in [0.2, 0.25) is 0 Å². The first-order valence-electron chi connectivity index (χ1n) is 22.8. The minimum atomic E-state index is -4.77. The molecule has 0 aromatic heterocycles. The van der Waals surface area contributed by atoms with E-state index in [-0.39, 0.29) is 12.8 Å². The summed E-state index contributed by atoms with van der Waals surface area (Å²) in [4.78, 5) is 46.0. The zero-order valence-corrected chi connectivity index (χ0v) is 37.6. The normalized spacial score (nSPS) is 14.7. The SMILES string of the molecule is CCCCC/C=C\C/C=C\C/C=C\C=C\[C@H](O)CCCC(=O)O[C@H](COC(=O)CCCCCCCCCCCCCCCCCCC)COP(=O)(O)OC[C@H](N)C(=O)O. The van der Waals surface area contributed by atoms with Gasteiger partial charge in [-0.1, -0.05) is 178 Å². The first-order valence-corrected chi connectivity index (χ1v) is 24.3. The molecule has 0 saturated carbocycles. The third-order valence-corrected chi connectivity index (χ3v) is 10.6. The fraction of sp³-hybridized carbons (Fsp3) is 0.761. The summed E-state index contributed by atoms with van der Waals surface area (Å²) < 4.78 is 32.6. The number of nitrogens with two attached hydrogens (primary N) is 1. The number of carbonyl (C=O) groups excluding carboxylic acids is 2. The second kappa shape index (κ2) is 40.8. The fourth-order valence-electron chi connectivity index (χ4n) is 6.05. The fourth-order valence-corrected chi connectivity index (χ4v) is 6.83. The number of carboxylic acid groups (broad SMARTS) is 1. The minimum Gasteiger partial charge on any atom is -0.480 e. The van der Waals surface area contributed by atoms with Crippen LogP contribution in [0.25, 0.3) is 0 Å². The molecule has 59 heavy (non-hydrogen) atoms. The van der Waals surface area contributed by atoms with E-state index in [4.69, 9.17) is 24.8 Å². The molecule has 0 rings (SSSR count). The van der Waals surface area contributed by atoms with E-state index in [1.54, 1.807) is 12.2 Å². The molecule has 0 aliphatic carbocycles. The predicted molar refractivity (Wildman–Crippen MR) is 237 cm³/mol. The highest BCUT2D eigenvalue weighted by Crippen LogP contribution is 2.43. The number of hydrogen-bond donors (Lipinski definition) is 4. The molecule has 0 aromatic rings. The summed E-state index contributed by atoms with van der Waals surface area (Å²) in [6.07, 6.45) is 42.0. The Morgan fingerprint density at radius 3 is 1.68 bits per heavy atom. The summed E-state index contributed by atoms with van der Waals surface area (Å²) in [5.41, 5.74) is 5.32. The Morgan fingerprint density at radius 2 is 1.10 bits per heavy atom. The van der Waals surface area contributed by atoms with Crippen LogP contribution in [0.5, 0.6) is 0 Å². The average Bonchev–Trinajstić information content (AvgIpc) is 3.20. The molecule has 5 N–H and O–H groups in total. The number of rotatable bonds is 42. The summed E-state index contributed by atoms with van der Waals surface area (Å²) in [5, 5.41) is 19.2. The average molecular weight is 856 g/mol. The smallest absolute Gasteiger partial charge is 0.472 e. The Bertz CT molecular complexity index is 1210. The predicted octanol–water partition coefficient (Wildman–Crippen LogP) is 11.1. The molecule has 0 amide bonds. The van der Waals surface area contributed by atoms with E-state index in [1.807, 2.05) is 12.2 Å². The molecule has 1 unspecified atom stereocenters. The van der Waals surface area contributed by atoms with Crippen molar-refractivity contribution < 1.29 is 52.6 Å². The highest BCUT2D eigenvalue weighted by molar-refractivity contribution is 7.47. The van der Waals surface area contributed by atoms with Crippen molar-refractivity contribution in [3.8, 4) is 0 Å². The van der Waals surface area contributed by atoms with E-state index < -0.39 is 63.8 Å². The number of aliphatic hydroxyl groups excluding tert-OH is 1. The van der Waals surface area contributed by atoms with Crippen molar-refractivity contribution in [1.29, 1.82) is 0 Å². The van der Waals surface area contributed by atoms with Crippen molar-refractivity contribution in [3.05, 3.63) is 48.6 Å². The largest absolute Gasteiger partial charge is 0.480 e. The van der Waals surface area contributed by atoms with Crippen LogP contribution in [0.3, 0.4) is 0 Å². The number of carboxylic acids is 1. The molecule has 13 heteroatoms. The Balaban J connectivity index is 4.51. The van der Waals surface area contributed by atoms with Gasteiger partial charge in [0.05, 0.1) is 19.3 Å². The molecule has 0 fully saturated rings. The van der Waals surface area contributed by atoms with Gasteiger partial charge in [-0.3, -0.25) is 23.4 Å². The number of allylic oxidation sites excluding steroid dienone is 7. The number of carbonyl (C=O) groups is 3. The Labute approximate surface area is 357 Å². The summed E-state index contributed by atoms with van der Waals surface area (Å²) >= 11 is 0. The van der Waals surface area contributed by atoms with Crippen molar-refractivity contribution in [3.63, 3.8) is 0 Å². The maximum atomic E-state index is 12.6. The molecule has 4 atom stereocenters. The van der Waals surface area contributed by atoms with Gasteiger partial charge >= 0.3 is 25.7 Å². The maximum Gasteiger partial charge on any atom is 0.472 e. The second-order valence-electron chi connectivity index (χ2n) is 15.4. The Kier molecular flexibility index (Phi) is 39.0. The number of phosphoric acid groups is 1. The van der Waals surface area contributed by atoms with Crippen molar-refractivity contribution in [2.45, 2.75) is 205 Å². The van der Waals surface area contributed by atoms with Crippen LogP contribution in [0.15, 0.2) is 48.6 Å². The van der Waals surface area contributed by atoms with Gasteiger partial charge in [0.1, 0.15) is 12.6 Å². The van der Waals surface area contributed by atoms with E-state index in [2.05, 4.69) is 42.7 Å². The summed E-state index contributed by atoms with van der Waals surface area (Å²) in [6, 6.07) is -1.55. The summed E-state index contributed by atoms with van der Waals surface area (Å²) in [5.74, 6) is -2.60. The van der Waals surface area contributed by atoms with Gasteiger partial charge in [0, 0.05) is 12.8 Å². The maximum absolute atomic E-state index is 12.6. The molecule has 0 spiro atoms. The monoisotopic (exact) mass is 856 g/mol. The number of phosphoric ester groups is 1. The number of aliphatic hydroxyl groups is 1. The molecule has 0 bridgehead atoms. The van der Waals surface area contributed by atoms with Gasteiger partial charge in [0.25, 0.3) is 0 Å². The molecule has 0 aromatic carbocycles. The molecular weight excluding hydrogens is 773 g/mol. The minimum absolute atomic E-state index is 0.0664. The van der Waals surface area contributed by atoms with Crippen LogP contribution in [0, 0.1) is 0 Å². The van der Waals surface area contributed by atoms with E-state index in [0.29, 0.717) is 19.3 Å². The summed E-state index contributed by atoms with van der Waals surface area (Å²) in [6.45, 7) is 2.59. The van der Waals surface area contributed by atoms with Gasteiger partial charge in [-0.2, -0.15) is 0 Å². The van der Waals surface area contributed by atoms with Gasteiger partial charge < -0.3 is 30.3 Å². The van der Waals surface area contributed by atoms with Crippen molar-refractivity contribution in [2.75, 3.05) is 19.8 Å². The number of esters is 2. The number of aliphatic carboxylic acids is 1. The summed E-state index contributed by atoms with van der Waals surface area (Å²) in [7, 11) is -4.77. The molecule has 0 aliphatic heterocycles. The lowest BCUT2D eigenvalue weighted by molar-refractivity contribution is -0.161. The highest BCUT2D eigenvalue weighted by atomic mass is 31.2. The molecule has 342 valence electrons. The molecule has 0 aliphatic rings. The van der Waals surface area contributed by atoms with Crippen molar-refractivity contribution in [1.82, 2.24) is 0 Å². The van der Waals surface area contributed by atoms with Gasteiger partial charge in [0.2, 0.25) is 0 Å². The van der Waals surface area contributed by atoms with E-state index in [9.17, 15) is 28.9 Å². The van der Waals surface area contributed by atoms with Crippen LogP contribution in [0.1, 0.15) is 187 Å². The number of unbranched alkanes of at least 4 members (excludes halogenated alkanes) is 19. The van der Waals surface area contributed by atoms with Gasteiger partial charge in [0.15, 0.2) is 6.10 Å². The van der Waals surface area contributed by atoms with E-state index in [1.165, 1.54) is 103 Å². The number of ether oxygens (including phenoxy) is 2. The number of hydrogen-bond acceptors (Lipinski definition) is 10. The van der Waals surface area contributed by atoms with Crippen molar-refractivity contribution in [2.24, 2.45) is 5.73 Å². The zero-order chi connectivity index (χ0) is 43.7. The second-order valence-corrected chi connectivity index (χ2v) is 16.8. The van der Waals surface area contributed by atoms with Crippen LogP contribution in [-0.2, 0) is 37.5 Å². The third-order valence-electron chi connectivity index (χ3n) is 9.68. The Morgan fingerprint density at radius 1 is 0.610 bits per heavy atom. The van der Waals surface area contributed by atoms with Gasteiger partial charge in [-0.15, -0.1) is 0 Å². The first kappa shape index (κ1) is 56.4. The molecule has 0 radical (unpaired) electrons. The first-order chi connectivity index (χ1) is 28.5. The standard InChI is InChI=1S/C46H82NO11P/c1-3-5-7-9-11-13-15-17-18-19-20-22-24-26-28-30-32-36-44(49)55-38-42(39-56-59(53,54)57-40-43(47)46(51)52)58-45(50)37-33-35-41(48)34-31-29-27-25-23-21-16-14-12-10-8-6-4-2/h12,14,21,23,27,29,31,34,41-43,48H,3-11,13,15-20,22,24-26,28,30,32-33,35-40,47H2,1-2H3,(H,51,52)(H,53,54)/b14-12-,23-21-,29-27-,34-31+/t41-,42+,43-/m0/s1. The highest BCUT2D eigenvalue weighted by Gasteiger charge is 2.28. The van der Waals surface area contributed by atoms with Crippen LogP contribution in [-0.4, -0.2) is 71.1 Å². The zero-order valence-electron chi connectivity index (χ0n) is 36.7. The molecule has 0 heterocycles. The van der Waals surface area contributed by atoms with Crippen LogP contribution < -0.4 is 5.73 Å². The van der Waals surface area contributed by atoms with Crippen LogP contribution in [0.4, 0.5) is 0 Å². The lowest BCUT2D eigenvalue weighted by Crippen LogP contribution is -2.34. The lowest BCUT2D eigenvalue weighted by Gasteiger charge is -2.20. The van der Waals surface area contributed by atoms with Crippen LogP contribution >= 0.6 is 7.82 Å². The van der Waals surface area contributed by atoms with E-state index in [0.717, 1.165) is 38.5 Å². The topological polar surface area (TPSA) is 192 Å². The van der Waals surface area contributed by atoms with Crippen molar-refractivity contribution >= 4 is 25.7 Å². The van der Waals surface area contributed by atoms with E-state index >= 15 is 0 Å². The van der Waals surface area contributed by atoms with Gasteiger partial charge in [-0.25, -0.2) is 4.57 Å². The molecular formula is C46H82NO11P. The third kappa shape index (κ3) is 40.6. The molecule has 0 saturated heterocycles. The quantitative estimate of drug-likeness (QED) is 0.0150. The Hall–Kier alpha value is -2.60. The lowest BCUT2D eigenvalue weighted by atomic mass is 10.0.